The average molecular weight is 428 g/mol. The maximum absolute atomic E-state index is 12.4. The van der Waals surface area contributed by atoms with Crippen LogP contribution in [0.4, 0.5) is 0 Å². The van der Waals surface area contributed by atoms with Gasteiger partial charge in [0.05, 0.1) is 11.4 Å². The molecule has 2 aromatic heterocycles. The van der Waals surface area contributed by atoms with Crippen molar-refractivity contribution in [2.45, 2.75) is 43.3 Å². The lowest BCUT2D eigenvalue weighted by Gasteiger charge is -2.22. The van der Waals surface area contributed by atoms with Crippen LogP contribution in [0.3, 0.4) is 0 Å². The Kier molecular flexibility index (Phi) is 6.46. The fraction of sp³-hybridized carbons (Fsp3) is 0.333. The van der Waals surface area contributed by atoms with E-state index in [-0.39, 0.29) is 5.91 Å². The summed E-state index contributed by atoms with van der Waals surface area (Å²) in [5, 5.41) is 13.1. The number of rotatable bonds is 6. The first kappa shape index (κ1) is 19.9. The normalized spacial score (nSPS) is 14.7. The predicted molar refractivity (Wildman–Crippen MR) is 115 cm³/mol. The summed E-state index contributed by atoms with van der Waals surface area (Å²) in [6.45, 7) is 0. The molecule has 0 bridgehead atoms. The van der Waals surface area contributed by atoms with E-state index in [4.69, 9.17) is 11.6 Å². The molecule has 0 saturated heterocycles. The standard InChI is InChI=1S/C21H22ClN5OS/c22-16-7-4-10-18(12-16)27-20(15-6-5-11-23-13-15)25-26-21(27)29-14-19(28)24-17-8-2-1-3-9-17/h4-7,10-13,17H,1-3,8-9,14H2,(H,24,28). The molecule has 0 unspecified atom stereocenters. The highest BCUT2D eigenvalue weighted by Crippen LogP contribution is 2.28. The monoisotopic (exact) mass is 427 g/mol. The minimum atomic E-state index is 0.0328. The molecule has 1 aliphatic rings. The predicted octanol–water partition coefficient (Wildman–Crippen LogP) is 4.52. The van der Waals surface area contributed by atoms with Crippen LogP contribution in [0.5, 0.6) is 0 Å². The second kappa shape index (κ2) is 9.41. The summed E-state index contributed by atoms with van der Waals surface area (Å²) in [6, 6.07) is 11.6. The molecular formula is C21H22ClN5OS. The van der Waals surface area contributed by atoms with Crippen LogP contribution in [0.15, 0.2) is 53.9 Å². The molecule has 0 spiro atoms. The van der Waals surface area contributed by atoms with Crippen LogP contribution >= 0.6 is 23.4 Å². The van der Waals surface area contributed by atoms with Gasteiger partial charge in [-0.25, -0.2) is 0 Å². The Bertz CT molecular complexity index is 972. The smallest absolute Gasteiger partial charge is 0.230 e. The van der Waals surface area contributed by atoms with Crippen molar-refractivity contribution in [2.24, 2.45) is 0 Å². The van der Waals surface area contributed by atoms with Gasteiger partial charge in [-0.1, -0.05) is 48.7 Å². The zero-order chi connectivity index (χ0) is 20.1. The molecule has 0 aliphatic heterocycles. The minimum Gasteiger partial charge on any atom is -0.353 e. The number of hydrogen-bond acceptors (Lipinski definition) is 5. The SMILES string of the molecule is O=C(CSc1nnc(-c2cccnc2)n1-c1cccc(Cl)c1)NC1CCCCC1. The van der Waals surface area contributed by atoms with E-state index in [0.717, 1.165) is 24.1 Å². The number of benzene rings is 1. The first-order valence-electron chi connectivity index (χ1n) is 9.74. The van der Waals surface area contributed by atoms with Gasteiger partial charge in [0.15, 0.2) is 11.0 Å². The molecule has 1 amide bonds. The van der Waals surface area contributed by atoms with Crippen molar-refractivity contribution < 1.29 is 4.79 Å². The van der Waals surface area contributed by atoms with Crippen molar-refractivity contribution in [2.75, 3.05) is 5.75 Å². The number of nitrogens with zero attached hydrogens (tertiary/aromatic N) is 4. The van der Waals surface area contributed by atoms with Crippen LogP contribution in [-0.2, 0) is 4.79 Å². The summed E-state index contributed by atoms with van der Waals surface area (Å²) < 4.78 is 1.92. The van der Waals surface area contributed by atoms with Gasteiger partial charge in [-0.05, 0) is 43.2 Å². The Labute approximate surface area is 179 Å². The summed E-state index contributed by atoms with van der Waals surface area (Å²) >= 11 is 7.58. The van der Waals surface area contributed by atoms with Crippen molar-refractivity contribution in [1.82, 2.24) is 25.1 Å². The lowest BCUT2D eigenvalue weighted by Crippen LogP contribution is -2.37. The number of hydrogen-bond donors (Lipinski definition) is 1. The maximum atomic E-state index is 12.4. The molecule has 29 heavy (non-hydrogen) atoms. The van der Waals surface area contributed by atoms with Crippen molar-refractivity contribution in [1.29, 1.82) is 0 Å². The molecule has 3 aromatic rings. The minimum absolute atomic E-state index is 0.0328. The van der Waals surface area contributed by atoms with Gasteiger partial charge in [0.25, 0.3) is 0 Å². The Hall–Kier alpha value is -2.38. The van der Waals surface area contributed by atoms with E-state index in [0.29, 0.717) is 27.8 Å². The number of amides is 1. The molecule has 1 saturated carbocycles. The molecule has 0 atom stereocenters. The molecular weight excluding hydrogens is 406 g/mol. The molecule has 1 aromatic carbocycles. The molecule has 4 rings (SSSR count). The lowest BCUT2D eigenvalue weighted by atomic mass is 9.95. The van der Waals surface area contributed by atoms with Crippen LogP contribution in [0, 0.1) is 0 Å². The molecule has 1 fully saturated rings. The molecule has 8 heteroatoms. The van der Waals surface area contributed by atoms with E-state index in [1.54, 1.807) is 12.4 Å². The first-order valence-corrected chi connectivity index (χ1v) is 11.1. The van der Waals surface area contributed by atoms with Gasteiger partial charge in [-0.3, -0.25) is 14.3 Å². The average Bonchev–Trinajstić information content (AvgIpc) is 3.18. The molecule has 1 N–H and O–H groups in total. The summed E-state index contributed by atoms with van der Waals surface area (Å²) in [7, 11) is 0. The van der Waals surface area contributed by atoms with E-state index in [1.165, 1.54) is 31.0 Å². The summed E-state index contributed by atoms with van der Waals surface area (Å²) in [4.78, 5) is 16.6. The van der Waals surface area contributed by atoms with Crippen LogP contribution < -0.4 is 5.32 Å². The topological polar surface area (TPSA) is 72.7 Å². The van der Waals surface area contributed by atoms with Gasteiger partial charge >= 0.3 is 0 Å². The number of carbonyl (C=O) groups excluding carboxylic acids is 1. The van der Waals surface area contributed by atoms with E-state index >= 15 is 0 Å². The first-order chi connectivity index (χ1) is 14.2. The second-order valence-corrected chi connectivity index (χ2v) is 8.43. The molecule has 1 aliphatic carbocycles. The van der Waals surface area contributed by atoms with E-state index in [2.05, 4.69) is 20.5 Å². The van der Waals surface area contributed by atoms with Gasteiger partial charge < -0.3 is 5.32 Å². The van der Waals surface area contributed by atoms with Crippen molar-refractivity contribution in [3.63, 3.8) is 0 Å². The highest BCUT2D eigenvalue weighted by atomic mass is 35.5. The quantitative estimate of drug-likeness (QED) is 0.585. The number of thioether (sulfide) groups is 1. The number of carbonyl (C=O) groups is 1. The Balaban J connectivity index is 1.56. The lowest BCUT2D eigenvalue weighted by molar-refractivity contribution is -0.119. The number of aromatic nitrogens is 4. The van der Waals surface area contributed by atoms with Crippen LogP contribution in [0.25, 0.3) is 17.1 Å². The summed E-state index contributed by atoms with van der Waals surface area (Å²) in [5.41, 5.74) is 1.69. The molecule has 2 heterocycles. The van der Waals surface area contributed by atoms with Crippen molar-refractivity contribution >= 4 is 29.3 Å². The van der Waals surface area contributed by atoms with Crippen molar-refractivity contribution in [3.05, 3.63) is 53.8 Å². The summed E-state index contributed by atoms with van der Waals surface area (Å²) in [5.74, 6) is 0.989. The van der Waals surface area contributed by atoms with E-state index in [9.17, 15) is 4.79 Å². The van der Waals surface area contributed by atoms with Gasteiger partial charge in [0.2, 0.25) is 5.91 Å². The van der Waals surface area contributed by atoms with Crippen LogP contribution in [0.2, 0.25) is 5.02 Å². The van der Waals surface area contributed by atoms with Gasteiger partial charge in [0.1, 0.15) is 0 Å². The number of halogens is 1. The molecule has 150 valence electrons. The largest absolute Gasteiger partial charge is 0.353 e. The third-order valence-electron chi connectivity index (χ3n) is 4.92. The van der Waals surface area contributed by atoms with Gasteiger partial charge in [-0.2, -0.15) is 0 Å². The van der Waals surface area contributed by atoms with Crippen LogP contribution in [0.1, 0.15) is 32.1 Å². The van der Waals surface area contributed by atoms with E-state index < -0.39 is 0 Å². The van der Waals surface area contributed by atoms with Crippen LogP contribution in [-0.4, -0.2) is 37.5 Å². The fourth-order valence-electron chi connectivity index (χ4n) is 3.54. The zero-order valence-electron chi connectivity index (χ0n) is 15.9. The Morgan fingerprint density at radius 3 is 2.79 bits per heavy atom. The molecule has 0 radical (unpaired) electrons. The third kappa shape index (κ3) is 4.97. The van der Waals surface area contributed by atoms with Gasteiger partial charge in [0, 0.05) is 29.0 Å². The molecule has 6 nitrogen and oxygen atoms in total. The summed E-state index contributed by atoms with van der Waals surface area (Å²) in [6.07, 6.45) is 9.25. The van der Waals surface area contributed by atoms with E-state index in [1.807, 2.05) is 41.0 Å². The highest BCUT2D eigenvalue weighted by molar-refractivity contribution is 7.99. The third-order valence-corrected chi connectivity index (χ3v) is 6.09. The zero-order valence-corrected chi connectivity index (χ0v) is 17.5. The van der Waals surface area contributed by atoms with Crippen molar-refractivity contribution in [3.8, 4) is 17.1 Å². The Morgan fingerprint density at radius 2 is 2.03 bits per heavy atom. The second-order valence-electron chi connectivity index (χ2n) is 7.05. The Morgan fingerprint density at radius 1 is 1.17 bits per heavy atom. The maximum Gasteiger partial charge on any atom is 0.230 e. The van der Waals surface area contributed by atoms with Gasteiger partial charge in [-0.15, -0.1) is 10.2 Å². The number of nitrogens with one attached hydrogen (secondary N) is 1. The fourth-order valence-corrected chi connectivity index (χ4v) is 4.49. The highest BCUT2D eigenvalue weighted by Gasteiger charge is 2.19. The number of pyridine rings is 1.